The van der Waals surface area contributed by atoms with E-state index in [2.05, 4.69) is 15.5 Å². The van der Waals surface area contributed by atoms with E-state index in [0.29, 0.717) is 16.1 Å². The fourth-order valence-electron chi connectivity index (χ4n) is 1.64. The molecule has 118 valence electrons. The van der Waals surface area contributed by atoms with Gasteiger partial charge in [0.25, 0.3) is 5.22 Å². The monoisotopic (exact) mass is 339 g/mol. The van der Waals surface area contributed by atoms with Crippen LogP contribution in [0.25, 0.3) is 11.5 Å². The van der Waals surface area contributed by atoms with Crippen molar-refractivity contribution in [2.45, 2.75) is 43.7 Å². The topological polar surface area (TPSA) is 68.0 Å². The number of nitrogens with one attached hydrogen (secondary N) is 1. The number of carbonyl (C=O) groups excluding carboxylic acids is 1. The number of thioether (sulfide) groups is 1. The first-order valence-electron chi connectivity index (χ1n) is 6.83. The molecule has 0 saturated carbocycles. The molecule has 0 fully saturated rings. The summed E-state index contributed by atoms with van der Waals surface area (Å²) in [6, 6.07) is 7.13. The quantitative estimate of drug-likeness (QED) is 0.858. The summed E-state index contributed by atoms with van der Waals surface area (Å²) >= 11 is 7.08. The van der Waals surface area contributed by atoms with Gasteiger partial charge in [-0.3, -0.25) is 4.79 Å². The average molecular weight is 340 g/mol. The molecule has 0 spiro atoms. The zero-order chi connectivity index (χ0) is 16.3. The van der Waals surface area contributed by atoms with Crippen LogP contribution in [0.1, 0.15) is 27.7 Å². The highest BCUT2D eigenvalue weighted by Gasteiger charge is 2.22. The minimum atomic E-state index is -0.322. The fourth-order valence-corrected chi connectivity index (χ4v) is 2.45. The smallest absolute Gasteiger partial charge is 0.277 e. The molecular weight excluding hydrogens is 322 g/mol. The second-order valence-corrected chi connectivity index (χ2v) is 7.61. The second-order valence-electron chi connectivity index (χ2n) is 5.88. The number of rotatable bonds is 4. The Balaban J connectivity index is 2.03. The normalized spacial score (nSPS) is 13.0. The minimum Gasteiger partial charge on any atom is -0.411 e. The van der Waals surface area contributed by atoms with Crippen molar-refractivity contribution < 1.29 is 9.21 Å². The third kappa shape index (κ3) is 4.74. The van der Waals surface area contributed by atoms with Crippen LogP contribution in [0.5, 0.6) is 0 Å². The van der Waals surface area contributed by atoms with Gasteiger partial charge in [0.05, 0.1) is 5.25 Å². The predicted octanol–water partition coefficient (Wildman–Crippen LogP) is 3.79. The van der Waals surface area contributed by atoms with Crippen molar-refractivity contribution >= 4 is 29.3 Å². The van der Waals surface area contributed by atoms with Crippen LogP contribution in [-0.4, -0.2) is 26.9 Å². The molecule has 2 aromatic rings. The highest BCUT2D eigenvalue weighted by Crippen LogP contribution is 2.27. The number of hydrogen-bond donors (Lipinski definition) is 1. The van der Waals surface area contributed by atoms with E-state index in [0.717, 1.165) is 5.56 Å². The van der Waals surface area contributed by atoms with Gasteiger partial charge in [-0.1, -0.05) is 23.4 Å². The van der Waals surface area contributed by atoms with Crippen molar-refractivity contribution in [3.8, 4) is 11.5 Å². The number of halogens is 1. The Hall–Kier alpha value is -1.53. The Morgan fingerprint density at radius 1 is 1.27 bits per heavy atom. The molecule has 1 heterocycles. The largest absolute Gasteiger partial charge is 0.411 e. The molecule has 0 saturated heterocycles. The number of aromatic nitrogens is 2. The number of hydrogen-bond acceptors (Lipinski definition) is 5. The summed E-state index contributed by atoms with van der Waals surface area (Å²) in [4.78, 5) is 12.0. The molecule has 0 radical (unpaired) electrons. The first-order chi connectivity index (χ1) is 10.2. The first-order valence-corrected chi connectivity index (χ1v) is 8.08. The Kier molecular flexibility index (Phi) is 5.13. The Morgan fingerprint density at radius 2 is 1.91 bits per heavy atom. The third-order valence-electron chi connectivity index (χ3n) is 2.64. The standard InChI is InChI=1S/C15H18ClN3O2S/c1-9(12(20)17-15(2,3)4)22-14-19-18-13(21-14)10-5-7-11(16)8-6-10/h5-9H,1-4H3,(H,17,20). The lowest BCUT2D eigenvalue weighted by Crippen LogP contribution is -2.44. The zero-order valence-corrected chi connectivity index (χ0v) is 14.5. The van der Waals surface area contributed by atoms with Gasteiger partial charge >= 0.3 is 0 Å². The maximum atomic E-state index is 12.0. The molecule has 0 bridgehead atoms. The summed E-state index contributed by atoms with van der Waals surface area (Å²) in [6.45, 7) is 7.62. The Morgan fingerprint density at radius 3 is 2.50 bits per heavy atom. The van der Waals surface area contributed by atoms with Crippen LogP contribution < -0.4 is 5.32 Å². The summed E-state index contributed by atoms with van der Waals surface area (Å²) < 4.78 is 5.58. The molecule has 0 aliphatic carbocycles. The second kappa shape index (κ2) is 6.71. The van der Waals surface area contributed by atoms with Gasteiger partial charge in [0.2, 0.25) is 11.8 Å². The van der Waals surface area contributed by atoms with Crippen LogP contribution in [-0.2, 0) is 4.79 Å². The van der Waals surface area contributed by atoms with Crippen LogP contribution >= 0.6 is 23.4 Å². The summed E-state index contributed by atoms with van der Waals surface area (Å²) in [7, 11) is 0. The molecular formula is C15H18ClN3O2S. The number of amides is 1. The van der Waals surface area contributed by atoms with Gasteiger partial charge in [0.15, 0.2) is 0 Å². The maximum Gasteiger partial charge on any atom is 0.277 e. The van der Waals surface area contributed by atoms with E-state index in [1.165, 1.54) is 11.8 Å². The lowest BCUT2D eigenvalue weighted by Gasteiger charge is -2.22. The average Bonchev–Trinajstić information content (AvgIpc) is 2.86. The molecule has 1 N–H and O–H groups in total. The number of nitrogens with zero attached hydrogens (tertiary/aromatic N) is 2. The predicted molar refractivity (Wildman–Crippen MR) is 88.0 cm³/mol. The highest BCUT2D eigenvalue weighted by molar-refractivity contribution is 8.00. The van der Waals surface area contributed by atoms with Crippen LogP contribution in [0.2, 0.25) is 5.02 Å². The fraction of sp³-hybridized carbons (Fsp3) is 0.400. The van der Waals surface area contributed by atoms with Crippen molar-refractivity contribution in [2.75, 3.05) is 0 Å². The van der Waals surface area contributed by atoms with E-state index in [4.69, 9.17) is 16.0 Å². The van der Waals surface area contributed by atoms with Gasteiger partial charge < -0.3 is 9.73 Å². The van der Waals surface area contributed by atoms with Gasteiger partial charge in [0, 0.05) is 16.1 Å². The summed E-state index contributed by atoms with van der Waals surface area (Å²) in [5.41, 5.74) is 0.519. The Labute approximate surface area is 138 Å². The molecule has 1 aromatic heterocycles. The molecule has 1 amide bonds. The molecule has 22 heavy (non-hydrogen) atoms. The number of benzene rings is 1. The zero-order valence-electron chi connectivity index (χ0n) is 12.9. The van der Waals surface area contributed by atoms with Crippen molar-refractivity contribution in [2.24, 2.45) is 0 Å². The molecule has 5 nitrogen and oxygen atoms in total. The summed E-state index contributed by atoms with van der Waals surface area (Å²) in [6.07, 6.45) is 0. The molecule has 1 unspecified atom stereocenters. The molecule has 1 aromatic carbocycles. The van der Waals surface area contributed by atoms with E-state index in [9.17, 15) is 4.79 Å². The van der Waals surface area contributed by atoms with Gasteiger partial charge in [-0.25, -0.2) is 0 Å². The highest BCUT2D eigenvalue weighted by atomic mass is 35.5. The number of carbonyl (C=O) groups is 1. The molecule has 7 heteroatoms. The summed E-state index contributed by atoms with van der Waals surface area (Å²) in [5.74, 6) is 0.339. The first kappa shape index (κ1) is 16.8. The van der Waals surface area contributed by atoms with Gasteiger partial charge in [-0.15, -0.1) is 10.2 Å². The van der Waals surface area contributed by atoms with Crippen LogP contribution in [0.4, 0.5) is 0 Å². The Bertz CT molecular complexity index is 650. The van der Waals surface area contributed by atoms with Crippen LogP contribution in [0, 0.1) is 0 Å². The lowest BCUT2D eigenvalue weighted by molar-refractivity contribution is -0.121. The van der Waals surface area contributed by atoms with Gasteiger partial charge in [-0.05, 0) is 52.0 Å². The van der Waals surface area contributed by atoms with E-state index in [1.54, 1.807) is 31.2 Å². The van der Waals surface area contributed by atoms with Gasteiger partial charge in [-0.2, -0.15) is 0 Å². The van der Waals surface area contributed by atoms with Gasteiger partial charge in [0.1, 0.15) is 0 Å². The lowest BCUT2D eigenvalue weighted by atomic mass is 10.1. The van der Waals surface area contributed by atoms with E-state index in [1.807, 2.05) is 20.8 Å². The maximum absolute atomic E-state index is 12.0. The van der Waals surface area contributed by atoms with Crippen LogP contribution in [0.3, 0.4) is 0 Å². The SMILES string of the molecule is CC(Sc1nnc(-c2ccc(Cl)cc2)o1)C(=O)NC(C)(C)C. The van der Waals surface area contributed by atoms with E-state index in [-0.39, 0.29) is 16.7 Å². The van der Waals surface area contributed by atoms with Crippen LogP contribution in [0.15, 0.2) is 33.9 Å². The molecule has 0 aliphatic rings. The third-order valence-corrected chi connectivity index (χ3v) is 3.83. The summed E-state index contributed by atoms with van der Waals surface area (Å²) in [5, 5.41) is 11.6. The van der Waals surface area contributed by atoms with Crippen molar-refractivity contribution in [1.82, 2.24) is 15.5 Å². The van der Waals surface area contributed by atoms with Crippen molar-refractivity contribution in [3.05, 3.63) is 29.3 Å². The molecule has 0 aliphatic heterocycles. The van der Waals surface area contributed by atoms with E-state index >= 15 is 0 Å². The molecule has 1 atom stereocenters. The van der Waals surface area contributed by atoms with Crippen molar-refractivity contribution in [3.63, 3.8) is 0 Å². The van der Waals surface area contributed by atoms with Crippen molar-refractivity contribution in [1.29, 1.82) is 0 Å². The molecule has 2 rings (SSSR count). The van der Waals surface area contributed by atoms with E-state index < -0.39 is 0 Å². The minimum absolute atomic E-state index is 0.0660.